The number of aromatic nitrogens is 1. The molecule has 2 heterocycles. The third kappa shape index (κ3) is 3.43. The zero-order chi connectivity index (χ0) is 21.2. The number of benzene rings is 1. The molecule has 4 aliphatic rings. The summed E-state index contributed by atoms with van der Waals surface area (Å²) in [6.07, 6.45) is 8.24. The molecule has 6 rings (SSSR count). The Balaban J connectivity index is 0.977. The molecule has 1 spiro atoms. The lowest BCUT2D eigenvalue weighted by atomic mass is 9.50. The Labute approximate surface area is 186 Å². The van der Waals surface area contributed by atoms with Crippen LogP contribution in [-0.4, -0.2) is 40.8 Å². The number of nitrogens with zero attached hydrogens (tertiary/aromatic N) is 2. The first-order valence-electron chi connectivity index (χ1n) is 11.6. The van der Waals surface area contributed by atoms with Crippen LogP contribution in [0.5, 0.6) is 0 Å². The monoisotopic (exact) mass is 441 g/mol. The predicted molar refractivity (Wildman–Crippen MR) is 117 cm³/mol. The zero-order valence-corrected chi connectivity index (χ0v) is 18.4. The van der Waals surface area contributed by atoms with Crippen LogP contribution in [0.15, 0.2) is 22.6 Å². The van der Waals surface area contributed by atoms with Gasteiger partial charge in [0.15, 0.2) is 11.5 Å². The second kappa shape index (κ2) is 7.22. The number of rotatable bonds is 4. The molecule has 2 aromatic rings. The lowest BCUT2D eigenvalue weighted by Gasteiger charge is -2.57. The van der Waals surface area contributed by atoms with Gasteiger partial charge in [0.1, 0.15) is 5.52 Å². The SMILES string of the molecule is O=C(NC1CC2(C1)CC(c1nc3cc(Cl)ccc3o1)C2)C1CCN(C(=O)C2CCC2)C1. The van der Waals surface area contributed by atoms with Gasteiger partial charge >= 0.3 is 0 Å². The Hall–Kier alpha value is -2.08. The summed E-state index contributed by atoms with van der Waals surface area (Å²) in [5, 5.41) is 3.92. The summed E-state index contributed by atoms with van der Waals surface area (Å²) >= 11 is 6.05. The minimum atomic E-state index is -0.0405. The normalized spacial score (nSPS) is 32.5. The van der Waals surface area contributed by atoms with Crippen LogP contribution in [0, 0.1) is 17.3 Å². The number of fused-ring (bicyclic) bond motifs is 1. The molecule has 1 saturated heterocycles. The molecule has 6 nitrogen and oxygen atoms in total. The molecular formula is C24H28ClN3O3. The average molecular weight is 442 g/mol. The van der Waals surface area contributed by atoms with Crippen LogP contribution in [-0.2, 0) is 9.59 Å². The van der Waals surface area contributed by atoms with E-state index in [0.717, 1.165) is 68.5 Å². The molecule has 0 bridgehead atoms. The van der Waals surface area contributed by atoms with Gasteiger partial charge in [0.25, 0.3) is 0 Å². The van der Waals surface area contributed by atoms with Crippen molar-refractivity contribution in [3.05, 3.63) is 29.1 Å². The molecular weight excluding hydrogens is 414 g/mol. The summed E-state index contributed by atoms with van der Waals surface area (Å²) in [7, 11) is 0. The molecule has 3 saturated carbocycles. The largest absolute Gasteiger partial charge is 0.440 e. The van der Waals surface area contributed by atoms with Gasteiger partial charge in [0, 0.05) is 36.0 Å². The van der Waals surface area contributed by atoms with E-state index < -0.39 is 0 Å². The van der Waals surface area contributed by atoms with E-state index in [9.17, 15) is 9.59 Å². The highest BCUT2D eigenvalue weighted by Crippen LogP contribution is 2.61. The highest BCUT2D eigenvalue weighted by Gasteiger charge is 2.55. The number of hydrogen-bond acceptors (Lipinski definition) is 4. The van der Waals surface area contributed by atoms with E-state index in [1.807, 2.05) is 23.1 Å². The van der Waals surface area contributed by atoms with Gasteiger partial charge in [0.2, 0.25) is 11.8 Å². The van der Waals surface area contributed by atoms with Gasteiger partial charge in [-0.2, -0.15) is 0 Å². The van der Waals surface area contributed by atoms with Crippen LogP contribution < -0.4 is 5.32 Å². The molecule has 0 radical (unpaired) electrons. The van der Waals surface area contributed by atoms with E-state index in [4.69, 9.17) is 16.0 Å². The summed E-state index contributed by atoms with van der Waals surface area (Å²) in [6, 6.07) is 5.82. The van der Waals surface area contributed by atoms with Crippen molar-refractivity contribution in [1.29, 1.82) is 0 Å². The molecule has 1 aromatic heterocycles. The van der Waals surface area contributed by atoms with E-state index in [2.05, 4.69) is 10.3 Å². The molecule has 1 N–H and O–H groups in total. The fourth-order valence-electron chi connectivity index (χ4n) is 6.08. The number of nitrogens with one attached hydrogen (secondary N) is 1. The van der Waals surface area contributed by atoms with E-state index in [1.54, 1.807) is 0 Å². The van der Waals surface area contributed by atoms with Gasteiger partial charge in [-0.1, -0.05) is 18.0 Å². The van der Waals surface area contributed by atoms with Crippen LogP contribution in [0.1, 0.15) is 63.2 Å². The average Bonchev–Trinajstić information content (AvgIpc) is 3.27. The maximum atomic E-state index is 12.7. The van der Waals surface area contributed by atoms with E-state index in [1.165, 1.54) is 6.42 Å². The van der Waals surface area contributed by atoms with Crippen molar-refractivity contribution >= 4 is 34.5 Å². The number of carbonyl (C=O) groups excluding carboxylic acids is 2. The van der Waals surface area contributed by atoms with Crippen LogP contribution in [0.25, 0.3) is 11.1 Å². The van der Waals surface area contributed by atoms with Crippen LogP contribution in [0.2, 0.25) is 5.02 Å². The quantitative estimate of drug-likeness (QED) is 0.768. The zero-order valence-electron chi connectivity index (χ0n) is 17.6. The Morgan fingerprint density at radius 3 is 2.68 bits per heavy atom. The molecule has 1 unspecified atom stereocenters. The second-order valence-corrected chi connectivity index (χ2v) is 10.7. The van der Waals surface area contributed by atoms with E-state index in [0.29, 0.717) is 22.9 Å². The fraction of sp³-hybridized carbons (Fsp3) is 0.625. The number of likely N-dealkylation sites (tertiary alicyclic amines) is 1. The van der Waals surface area contributed by atoms with Crippen LogP contribution in [0.3, 0.4) is 0 Å². The molecule has 164 valence electrons. The summed E-state index contributed by atoms with van der Waals surface area (Å²) in [4.78, 5) is 31.7. The minimum absolute atomic E-state index is 0.0405. The molecule has 1 aromatic carbocycles. The molecule has 1 aliphatic heterocycles. The second-order valence-electron chi connectivity index (χ2n) is 10.3. The Bertz CT molecular complexity index is 1030. The summed E-state index contributed by atoms with van der Waals surface area (Å²) in [5.74, 6) is 1.77. The fourth-order valence-corrected chi connectivity index (χ4v) is 6.25. The number of carbonyl (C=O) groups is 2. The molecule has 4 fully saturated rings. The van der Waals surface area contributed by atoms with Gasteiger partial charge in [-0.15, -0.1) is 0 Å². The smallest absolute Gasteiger partial charge is 0.225 e. The van der Waals surface area contributed by atoms with Crippen molar-refractivity contribution in [2.45, 2.75) is 63.3 Å². The van der Waals surface area contributed by atoms with Gasteiger partial charge in [-0.3, -0.25) is 9.59 Å². The summed E-state index contributed by atoms with van der Waals surface area (Å²) in [5.41, 5.74) is 1.95. The van der Waals surface area contributed by atoms with Crippen molar-refractivity contribution in [3.8, 4) is 0 Å². The Morgan fingerprint density at radius 1 is 1.13 bits per heavy atom. The van der Waals surface area contributed by atoms with Gasteiger partial charge < -0.3 is 14.6 Å². The summed E-state index contributed by atoms with van der Waals surface area (Å²) < 4.78 is 5.93. The van der Waals surface area contributed by atoms with Crippen molar-refractivity contribution in [1.82, 2.24) is 15.2 Å². The van der Waals surface area contributed by atoms with E-state index >= 15 is 0 Å². The first-order chi connectivity index (χ1) is 15.0. The van der Waals surface area contributed by atoms with Crippen molar-refractivity contribution in [3.63, 3.8) is 0 Å². The Morgan fingerprint density at radius 2 is 1.94 bits per heavy atom. The molecule has 3 aliphatic carbocycles. The van der Waals surface area contributed by atoms with Gasteiger partial charge in [0.05, 0.1) is 5.92 Å². The third-order valence-corrected chi connectivity index (χ3v) is 8.34. The number of amides is 2. The van der Waals surface area contributed by atoms with Crippen LogP contribution >= 0.6 is 11.6 Å². The lowest BCUT2D eigenvalue weighted by Crippen LogP contribution is -2.56. The molecule has 31 heavy (non-hydrogen) atoms. The first-order valence-corrected chi connectivity index (χ1v) is 12.0. The highest BCUT2D eigenvalue weighted by molar-refractivity contribution is 6.31. The number of oxazole rings is 1. The standard InChI is InChI=1S/C24H28ClN3O3/c25-17-4-5-20-19(8-17)27-22(31-20)16-9-24(10-16)11-18(12-24)26-21(29)15-6-7-28(13-15)23(30)14-2-1-3-14/h4-5,8,14-16,18H,1-3,6-7,9-13H2,(H,26,29). The van der Waals surface area contributed by atoms with Gasteiger partial charge in [-0.25, -0.2) is 4.98 Å². The maximum absolute atomic E-state index is 12.7. The predicted octanol–water partition coefficient (Wildman–Crippen LogP) is 4.27. The lowest BCUT2D eigenvalue weighted by molar-refractivity contribution is -0.137. The van der Waals surface area contributed by atoms with E-state index in [-0.39, 0.29) is 29.7 Å². The first kappa shape index (κ1) is 19.6. The molecule has 2 amide bonds. The van der Waals surface area contributed by atoms with Crippen LogP contribution in [0.4, 0.5) is 0 Å². The van der Waals surface area contributed by atoms with Gasteiger partial charge in [-0.05, 0) is 68.6 Å². The van der Waals surface area contributed by atoms with Crippen molar-refractivity contribution in [2.75, 3.05) is 13.1 Å². The van der Waals surface area contributed by atoms with Crippen molar-refractivity contribution < 1.29 is 14.0 Å². The topological polar surface area (TPSA) is 75.4 Å². The van der Waals surface area contributed by atoms with Crippen molar-refractivity contribution in [2.24, 2.45) is 17.3 Å². The molecule has 1 atom stereocenters. The minimum Gasteiger partial charge on any atom is -0.440 e. The third-order valence-electron chi connectivity index (χ3n) is 8.10. The number of hydrogen-bond donors (Lipinski definition) is 1. The summed E-state index contributed by atoms with van der Waals surface area (Å²) in [6.45, 7) is 1.34. The Kier molecular flexibility index (Phi) is 4.57. The molecule has 7 heteroatoms. The number of halogens is 1. The maximum Gasteiger partial charge on any atom is 0.225 e. The highest BCUT2D eigenvalue weighted by atomic mass is 35.5.